The van der Waals surface area contributed by atoms with Crippen molar-refractivity contribution in [1.82, 2.24) is 0 Å². The van der Waals surface area contributed by atoms with E-state index in [1.165, 1.54) is 6.07 Å². The average Bonchev–Trinajstić information content (AvgIpc) is 2.95. The van der Waals surface area contributed by atoms with Crippen molar-refractivity contribution < 1.29 is 4.39 Å². The normalized spacial score (nSPS) is 17.1. The Kier molecular flexibility index (Phi) is 4.24. The maximum Gasteiger partial charge on any atom is 0.148 e. The predicted octanol–water partition coefficient (Wildman–Crippen LogP) is 3.96. The number of halogens is 4. The Balaban J connectivity index is 0.00000112. The van der Waals surface area contributed by atoms with Crippen molar-refractivity contribution in [2.24, 2.45) is 11.7 Å². The third-order valence-corrected chi connectivity index (χ3v) is 3.16. The van der Waals surface area contributed by atoms with Crippen LogP contribution in [0.3, 0.4) is 0 Å². The summed E-state index contributed by atoms with van der Waals surface area (Å²) >= 11 is 11.6. The van der Waals surface area contributed by atoms with E-state index in [0.29, 0.717) is 16.5 Å². The van der Waals surface area contributed by atoms with Crippen LogP contribution in [0.25, 0.3) is 0 Å². The summed E-state index contributed by atoms with van der Waals surface area (Å²) < 4.78 is 13.6. The molecule has 1 saturated carbocycles. The van der Waals surface area contributed by atoms with E-state index in [2.05, 4.69) is 0 Å². The topological polar surface area (TPSA) is 26.0 Å². The molecule has 1 aromatic rings. The molecule has 0 radical (unpaired) electrons. The van der Waals surface area contributed by atoms with Crippen LogP contribution in [-0.2, 0) is 0 Å². The predicted molar refractivity (Wildman–Crippen MR) is 63.3 cm³/mol. The molecule has 84 valence electrons. The lowest BCUT2D eigenvalue weighted by Gasteiger charge is -2.14. The van der Waals surface area contributed by atoms with Gasteiger partial charge in [-0.25, -0.2) is 4.39 Å². The van der Waals surface area contributed by atoms with Gasteiger partial charge < -0.3 is 5.73 Å². The largest absolute Gasteiger partial charge is 0.324 e. The Morgan fingerprint density at radius 1 is 1.27 bits per heavy atom. The van der Waals surface area contributed by atoms with Crippen molar-refractivity contribution in [2.75, 3.05) is 0 Å². The highest BCUT2D eigenvalue weighted by atomic mass is 35.5. The molecule has 0 heterocycles. The molecule has 2 N–H and O–H groups in total. The Hall–Kier alpha value is -0.0200. The van der Waals surface area contributed by atoms with Gasteiger partial charge >= 0.3 is 0 Å². The van der Waals surface area contributed by atoms with E-state index < -0.39 is 5.82 Å². The fraction of sp³-hybridized carbons (Fsp3) is 0.400. The quantitative estimate of drug-likeness (QED) is 0.809. The maximum absolute atomic E-state index is 13.6. The summed E-state index contributed by atoms with van der Waals surface area (Å²) in [5, 5.41) is 0.451. The van der Waals surface area contributed by atoms with Crippen LogP contribution in [0.15, 0.2) is 12.1 Å². The van der Waals surface area contributed by atoms with E-state index in [-0.39, 0.29) is 23.5 Å². The van der Waals surface area contributed by atoms with Crippen LogP contribution in [0.4, 0.5) is 4.39 Å². The van der Waals surface area contributed by atoms with E-state index >= 15 is 0 Å². The minimum absolute atomic E-state index is 0. The molecule has 0 unspecified atom stereocenters. The highest BCUT2D eigenvalue weighted by Crippen LogP contribution is 2.43. The van der Waals surface area contributed by atoms with Gasteiger partial charge in [0.25, 0.3) is 0 Å². The molecule has 1 fully saturated rings. The minimum atomic E-state index is -0.474. The number of hydrogen-bond acceptors (Lipinski definition) is 1. The van der Waals surface area contributed by atoms with Crippen LogP contribution in [-0.4, -0.2) is 0 Å². The summed E-state index contributed by atoms with van der Waals surface area (Å²) in [5.41, 5.74) is 6.25. The molecule has 0 amide bonds. The summed E-state index contributed by atoms with van der Waals surface area (Å²) in [6.45, 7) is 0. The van der Waals surface area contributed by atoms with Gasteiger partial charge in [0.15, 0.2) is 0 Å². The van der Waals surface area contributed by atoms with Gasteiger partial charge in [-0.1, -0.05) is 23.2 Å². The Bertz CT molecular complexity index is 366. The molecule has 2 rings (SSSR count). The van der Waals surface area contributed by atoms with E-state index in [1.807, 2.05) is 0 Å². The molecule has 1 aliphatic rings. The fourth-order valence-electron chi connectivity index (χ4n) is 1.54. The summed E-state index contributed by atoms with van der Waals surface area (Å²) in [5.74, 6) is -0.112. The first-order chi connectivity index (χ1) is 6.61. The van der Waals surface area contributed by atoms with Crippen molar-refractivity contribution in [3.8, 4) is 0 Å². The second-order valence-electron chi connectivity index (χ2n) is 3.62. The maximum atomic E-state index is 13.6. The van der Waals surface area contributed by atoms with Gasteiger partial charge in [0.2, 0.25) is 0 Å². The molecular formula is C10H11Cl3FN. The molecule has 15 heavy (non-hydrogen) atoms. The van der Waals surface area contributed by atoms with Crippen molar-refractivity contribution in [3.05, 3.63) is 33.6 Å². The average molecular weight is 271 g/mol. The van der Waals surface area contributed by atoms with Gasteiger partial charge in [-0.15, -0.1) is 12.4 Å². The van der Waals surface area contributed by atoms with Crippen LogP contribution < -0.4 is 5.73 Å². The molecule has 0 aliphatic heterocycles. The van der Waals surface area contributed by atoms with Crippen LogP contribution in [0, 0.1) is 11.7 Å². The van der Waals surface area contributed by atoms with Crippen LogP contribution >= 0.6 is 35.6 Å². The van der Waals surface area contributed by atoms with Gasteiger partial charge in [-0.2, -0.15) is 0 Å². The van der Waals surface area contributed by atoms with E-state index in [4.69, 9.17) is 28.9 Å². The molecule has 0 spiro atoms. The second kappa shape index (κ2) is 4.88. The summed E-state index contributed by atoms with van der Waals surface area (Å²) in [6.07, 6.45) is 2.09. The van der Waals surface area contributed by atoms with Crippen LogP contribution in [0.1, 0.15) is 24.4 Å². The number of nitrogens with two attached hydrogens (primary N) is 1. The lowest BCUT2D eigenvalue weighted by atomic mass is 10.0. The van der Waals surface area contributed by atoms with Gasteiger partial charge in [0.05, 0.1) is 5.02 Å². The molecule has 1 aliphatic carbocycles. The zero-order valence-electron chi connectivity index (χ0n) is 7.84. The zero-order chi connectivity index (χ0) is 10.3. The smallest absolute Gasteiger partial charge is 0.148 e. The number of hydrogen-bond donors (Lipinski definition) is 1. The molecule has 1 atom stereocenters. The third kappa shape index (κ3) is 2.56. The van der Waals surface area contributed by atoms with Crippen molar-refractivity contribution in [3.63, 3.8) is 0 Å². The SMILES string of the molecule is Cl.N[C@H](c1c(Cl)ccc(Cl)c1F)C1CC1. The Morgan fingerprint density at radius 2 is 1.80 bits per heavy atom. The molecule has 0 saturated heterocycles. The fourth-order valence-corrected chi connectivity index (χ4v) is 1.98. The highest BCUT2D eigenvalue weighted by molar-refractivity contribution is 6.33. The Morgan fingerprint density at radius 3 is 2.33 bits per heavy atom. The summed E-state index contributed by atoms with van der Waals surface area (Å²) in [4.78, 5) is 0. The molecule has 0 aromatic heterocycles. The molecule has 1 nitrogen and oxygen atoms in total. The standard InChI is InChI=1S/C10H10Cl2FN.ClH/c11-6-3-4-7(12)9(13)8(6)10(14)5-1-2-5;/h3-5,10H,1-2,14H2;1H/t10-;/m0./s1. The third-order valence-electron chi connectivity index (χ3n) is 2.54. The minimum Gasteiger partial charge on any atom is -0.324 e. The molecule has 1 aromatic carbocycles. The van der Waals surface area contributed by atoms with E-state index in [0.717, 1.165) is 12.8 Å². The Labute approximate surface area is 104 Å². The zero-order valence-corrected chi connectivity index (χ0v) is 10.2. The molecular weight excluding hydrogens is 259 g/mol. The number of rotatable bonds is 2. The molecule has 5 heteroatoms. The first kappa shape index (κ1) is 13.0. The van der Waals surface area contributed by atoms with Gasteiger partial charge in [0.1, 0.15) is 5.82 Å². The van der Waals surface area contributed by atoms with Gasteiger partial charge in [0, 0.05) is 16.6 Å². The lowest BCUT2D eigenvalue weighted by Crippen LogP contribution is -2.15. The number of benzene rings is 1. The van der Waals surface area contributed by atoms with Crippen LogP contribution in [0.5, 0.6) is 0 Å². The molecule has 0 bridgehead atoms. The van der Waals surface area contributed by atoms with Gasteiger partial charge in [-0.05, 0) is 30.9 Å². The van der Waals surface area contributed by atoms with Crippen LogP contribution in [0.2, 0.25) is 10.0 Å². The summed E-state index contributed by atoms with van der Waals surface area (Å²) in [6, 6.07) is 2.72. The van der Waals surface area contributed by atoms with E-state index in [9.17, 15) is 4.39 Å². The first-order valence-electron chi connectivity index (χ1n) is 4.50. The van der Waals surface area contributed by atoms with Crippen molar-refractivity contribution in [2.45, 2.75) is 18.9 Å². The van der Waals surface area contributed by atoms with Crippen molar-refractivity contribution >= 4 is 35.6 Å². The highest BCUT2D eigenvalue weighted by Gasteiger charge is 2.32. The monoisotopic (exact) mass is 269 g/mol. The van der Waals surface area contributed by atoms with Gasteiger partial charge in [-0.3, -0.25) is 0 Å². The van der Waals surface area contributed by atoms with E-state index in [1.54, 1.807) is 6.07 Å². The first-order valence-corrected chi connectivity index (χ1v) is 5.26. The second-order valence-corrected chi connectivity index (χ2v) is 4.43. The lowest BCUT2D eigenvalue weighted by molar-refractivity contribution is 0.554. The van der Waals surface area contributed by atoms with Crippen molar-refractivity contribution in [1.29, 1.82) is 0 Å². The summed E-state index contributed by atoms with van der Waals surface area (Å²) in [7, 11) is 0.